The highest BCUT2D eigenvalue weighted by Crippen LogP contribution is 2.25. The summed E-state index contributed by atoms with van der Waals surface area (Å²) in [5.41, 5.74) is 0. The summed E-state index contributed by atoms with van der Waals surface area (Å²) in [6.45, 7) is 7.62. The zero-order valence-electron chi connectivity index (χ0n) is 19.5. The van der Waals surface area contributed by atoms with Crippen LogP contribution >= 0.6 is 0 Å². The normalized spacial score (nSPS) is 18.2. The standard InChI is InChI=1S/C26H36N2O4S/c29-33(30,25-11-7-23(8-12-25)31-21-19-27-15-3-1-4-16-27)26-13-9-24(10-14-26)32-22-20-28-17-5-2-6-18-28/h7-14H,1-6,15-22H2. The summed E-state index contributed by atoms with van der Waals surface area (Å²) in [6.07, 6.45) is 7.69. The Morgan fingerprint density at radius 2 is 0.939 bits per heavy atom. The van der Waals surface area contributed by atoms with Gasteiger partial charge in [0.1, 0.15) is 24.7 Å². The van der Waals surface area contributed by atoms with E-state index in [1.54, 1.807) is 48.5 Å². The zero-order chi connectivity index (χ0) is 22.9. The minimum absolute atomic E-state index is 0.268. The first-order chi connectivity index (χ1) is 16.1. The molecule has 0 unspecified atom stereocenters. The van der Waals surface area contributed by atoms with Gasteiger partial charge in [0.15, 0.2) is 0 Å². The predicted molar refractivity (Wildman–Crippen MR) is 130 cm³/mol. The molecule has 0 bridgehead atoms. The van der Waals surface area contributed by atoms with E-state index >= 15 is 0 Å². The van der Waals surface area contributed by atoms with Crippen LogP contribution in [0, 0.1) is 0 Å². The Hall–Kier alpha value is -2.09. The van der Waals surface area contributed by atoms with Gasteiger partial charge in [-0.15, -0.1) is 0 Å². The monoisotopic (exact) mass is 472 g/mol. The summed E-state index contributed by atoms with van der Waals surface area (Å²) in [4.78, 5) is 5.38. The Kier molecular flexibility index (Phi) is 8.64. The van der Waals surface area contributed by atoms with Crippen LogP contribution in [0.5, 0.6) is 11.5 Å². The van der Waals surface area contributed by atoms with Crippen molar-refractivity contribution in [3.63, 3.8) is 0 Å². The first kappa shape index (κ1) is 24.0. The van der Waals surface area contributed by atoms with Crippen molar-refractivity contribution in [2.24, 2.45) is 0 Å². The molecule has 180 valence electrons. The van der Waals surface area contributed by atoms with Crippen molar-refractivity contribution >= 4 is 9.84 Å². The summed E-state index contributed by atoms with van der Waals surface area (Å²) < 4.78 is 37.7. The van der Waals surface area contributed by atoms with Crippen LogP contribution in [0.3, 0.4) is 0 Å². The van der Waals surface area contributed by atoms with Gasteiger partial charge in [0.25, 0.3) is 0 Å². The lowest BCUT2D eigenvalue weighted by atomic mass is 10.1. The van der Waals surface area contributed by atoms with Gasteiger partial charge in [0.2, 0.25) is 9.84 Å². The average molecular weight is 473 g/mol. The number of likely N-dealkylation sites (tertiary alicyclic amines) is 2. The van der Waals surface area contributed by atoms with Crippen LogP contribution in [-0.4, -0.2) is 70.7 Å². The van der Waals surface area contributed by atoms with Gasteiger partial charge in [0, 0.05) is 13.1 Å². The molecule has 0 saturated carbocycles. The maximum atomic E-state index is 13.0. The summed E-state index contributed by atoms with van der Waals surface area (Å²) in [5, 5.41) is 0. The largest absolute Gasteiger partial charge is 0.492 e. The fourth-order valence-electron chi connectivity index (χ4n) is 4.52. The van der Waals surface area contributed by atoms with Crippen LogP contribution in [0.15, 0.2) is 58.3 Å². The van der Waals surface area contributed by atoms with Crippen LogP contribution in [0.25, 0.3) is 0 Å². The average Bonchev–Trinajstić information content (AvgIpc) is 2.86. The number of piperidine rings is 2. The third kappa shape index (κ3) is 6.95. The van der Waals surface area contributed by atoms with E-state index in [-0.39, 0.29) is 9.79 Å². The van der Waals surface area contributed by atoms with Gasteiger partial charge in [-0.05, 0) is 100 Å². The van der Waals surface area contributed by atoms with Crippen LogP contribution < -0.4 is 9.47 Å². The molecule has 2 aromatic rings. The molecule has 0 spiro atoms. The molecule has 33 heavy (non-hydrogen) atoms. The van der Waals surface area contributed by atoms with Gasteiger partial charge >= 0.3 is 0 Å². The molecule has 2 saturated heterocycles. The van der Waals surface area contributed by atoms with E-state index in [1.165, 1.54) is 38.5 Å². The molecule has 2 aliphatic rings. The topological polar surface area (TPSA) is 59.1 Å². The predicted octanol–water partition coefficient (Wildman–Crippen LogP) is 4.25. The van der Waals surface area contributed by atoms with Crippen molar-refractivity contribution in [3.8, 4) is 11.5 Å². The van der Waals surface area contributed by atoms with E-state index in [0.717, 1.165) is 39.3 Å². The van der Waals surface area contributed by atoms with Crippen molar-refractivity contribution < 1.29 is 17.9 Å². The maximum Gasteiger partial charge on any atom is 0.206 e. The molecule has 7 heteroatoms. The second-order valence-electron chi connectivity index (χ2n) is 8.95. The fourth-order valence-corrected chi connectivity index (χ4v) is 5.78. The highest BCUT2D eigenvalue weighted by molar-refractivity contribution is 7.91. The first-order valence-corrected chi connectivity index (χ1v) is 13.8. The van der Waals surface area contributed by atoms with E-state index in [0.29, 0.717) is 24.7 Å². The third-order valence-corrected chi connectivity index (χ3v) is 8.30. The molecule has 2 aliphatic heterocycles. The van der Waals surface area contributed by atoms with Crippen LogP contribution in [0.4, 0.5) is 0 Å². The number of hydrogen-bond acceptors (Lipinski definition) is 6. The first-order valence-electron chi connectivity index (χ1n) is 12.3. The number of benzene rings is 2. The summed E-state index contributed by atoms with van der Waals surface area (Å²) >= 11 is 0. The van der Waals surface area contributed by atoms with Gasteiger partial charge in [-0.25, -0.2) is 8.42 Å². The number of nitrogens with zero attached hydrogens (tertiary/aromatic N) is 2. The van der Waals surface area contributed by atoms with E-state index in [9.17, 15) is 8.42 Å². The highest BCUT2D eigenvalue weighted by Gasteiger charge is 2.18. The lowest BCUT2D eigenvalue weighted by Crippen LogP contribution is -2.33. The van der Waals surface area contributed by atoms with Crippen LogP contribution in [0.1, 0.15) is 38.5 Å². The Labute approximate surface area is 198 Å². The molecule has 2 aromatic carbocycles. The number of ether oxygens (including phenoxy) is 2. The molecule has 4 rings (SSSR count). The molecule has 2 heterocycles. The molecule has 0 N–H and O–H groups in total. The van der Waals surface area contributed by atoms with Gasteiger partial charge in [0.05, 0.1) is 9.79 Å². The van der Waals surface area contributed by atoms with Crippen molar-refractivity contribution in [2.45, 2.75) is 48.3 Å². The van der Waals surface area contributed by atoms with Gasteiger partial charge in [-0.2, -0.15) is 0 Å². The summed E-state index contributed by atoms with van der Waals surface area (Å²) in [6, 6.07) is 13.4. The van der Waals surface area contributed by atoms with Crippen LogP contribution in [0.2, 0.25) is 0 Å². The lowest BCUT2D eigenvalue weighted by molar-refractivity contribution is 0.183. The maximum absolute atomic E-state index is 13.0. The molecule has 0 radical (unpaired) electrons. The molecular weight excluding hydrogens is 436 g/mol. The molecule has 0 amide bonds. The summed E-state index contributed by atoms with van der Waals surface area (Å²) in [7, 11) is -3.58. The number of sulfone groups is 1. The minimum atomic E-state index is -3.58. The van der Waals surface area contributed by atoms with E-state index in [2.05, 4.69) is 9.80 Å². The van der Waals surface area contributed by atoms with Crippen LogP contribution in [-0.2, 0) is 9.84 Å². The number of rotatable bonds is 10. The molecule has 2 fully saturated rings. The zero-order valence-corrected chi connectivity index (χ0v) is 20.3. The van der Waals surface area contributed by atoms with Gasteiger partial charge in [-0.1, -0.05) is 12.8 Å². The smallest absolute Gasteiger partial charge is 0.206 e. The highest BCUT2D eigenvalue weighted by atomic mass is 32.2. The van der Waals surface area contributed by atoms with Gasteiger partial charge in [-0.3, -0.25) is 9.80 Å². The van der Waals surface area contributed by atoms with Crippen molar-refractivity contribution in [2.75, 3.05) is 52.5 Å². The Morgan fingerprint density at radius 3 is 1.30 bits per heavy atom. The summed E-state index contributed by atoms with van der Waals surface area (Å²) in [5.74, 6) is 1.40. The van der Waals surface area contributed by atoms with Crippen molar-refractivity contribution in [1.29, 1.82) is 0 Å². The molecule has 6 nitrogen and oxygen atoms in total. The molecule has 0 atom stereocenters. The van der Waals surface area contributed by atoms with Gasteiger partial charge < -0.3 is 9.47 Å². The van der Waals surface area contributed by atoms with E-state index < -0.39 is 9.84 Å². The van der Waals surface area contributed by atoms with Crippen molar-refractivity contribution in [3.05, 3.63) is 48.5 Å². The second-order valence-corrected chi connectivity index (χ2v) is 10.9. The Bertz CT molecular complexity index is 875. The lowest BCUT2D eigenvalue weighted by Gasteiger charge is -2.26. The fraction of sp³-hybridized carbons (Fsp3) is 0.538. The third-order valence-electron chi connectivity index (χ3n) is 6.52. The quantitative estimate of drug-likeness (QED) is 0.515. The Balaban J connectivity index is 1.26. The molecular formula is C26H36N2O4S. The number of hydrogen-bond donors (Lipinski definition) is 0. The molecule has 0 aromatic heterocycles. The second kappa shape index (κ2) is 11.9. The molecule has 0 aliphatic carbocycles. The van der Waals surface area contributed by atoms with E-state index in [4.69, 9.17) is 9.47 Å². The minimum Gasteiger partial charge on any atom is -0.492 e. The SMILES string of the molecule is O=S(=O)(c1ccc(OCCN2CCCCC2)cc1)c1ccc(OCCN2CCCCC2)cc1. The Morgan fingerprint density at radius 1 is 0.576 bits per heavy atom. The van der Waals surface area contributed by atoms with E-state index in [1.807, 2.05) is 0 Å². The van der Waals surface area contributed by atoms with Crippen molar-refractivity contribution in [1.82, 2.24) is 9.80 Å².